The molecule has 0 bridgehead atoms. The fourth-order valence-electron chi connectivity index (χ4n) is 1.51. The first-order valence-corrected chi connectivity index (χ1v) is 5.40. The number of rotatable bonds is 5. The van der Waals surface area contributed by atoms with Crippen LogP contribution in [0, 0.1) is 11.3 Å². The average molecular weight is 233 g/mol. The SMILES string of the molecule is CC(C)N(CCC#N)c1cccc(C(=O)O)n1. The van der Waals surface area contributed by atoms with E-state index in [9.17, 15) is 4.79 Å². The van der Waals surface area contributed by atoms with E-state index in [0.29, 0.717) is 18.8 Å². The molecule has 0 aliphatic carbocycles. The van der Waals surface area contributed by atoms with E-state index >= 15 is 0 Å². The van der Waals surface area contributed by atoms with Crippen LogP contribution in [0.1, 0.15) is 30.8 Å². The third kappa shape index (κ3) is 3.45. The van der Waals surface area contributed by atoms with Crippen molar-refractivity contribution in [3.63, 3.8) is 0 Å². The molecule has 1 aromatic heterocycles. The van der Waals surface area contributed by atoms with Crippen LogP contribution in [0.5, 0.6) is 0 Å². The molecule has 0 aliphatic heterocycles. The smallest absolute Gasteiger partial charge is 0.354 e. The van der Waals surface area contributed by atoms with Crippen molar-refractivity contribution in [1.82, 2.24) is 4.98 Å². The fraction of sp³-hybridized carbons (Fsp3) is 0.417. The summed E-state index contributed by atoms with van der Waals surface area (Å²) in [4.78, 5) is 16.8. The van der Waals surface area contributed by atoms with Crippen molar-refractivity contribution in [3.8, 4) is 6.07 Å². The van der Waals surface area contributed by atoms with Crippen LogP contribution in [-0.2, 0) is 0 Å². The van der Waals surface area contributed by atoms with Crippen LogP contribution in [0.2, 0.25) is 0 Å². The first kappa shape index (κ1) is 13.0. The van der Waals surface area contributed by atoms with Gasteiger partial charge in [-0.3, -0.25) is 0 Å². The van der Waals surface area contributed by atoms with Crippen LogP contribution in [0.3, 0.4) is 0 Å². The lowest BCUT2D eigenvalue weighted by Crippen LogP contribution is -2.32. The predicted molar refractivity (Wildman–Crippen MR) is 63.9 cm³/mol. The Morgan fingerprint density at radius 2 is 2.29 bits per heavy atom. The summed E-state index contributed by atoms with van der Waals surface area (Å²) >= 11 is 0. The number of carbonyl (C=O) groups is 1. The van der Waals surface area contributed by atoms with Gasteiger partial charge in [0.25, 0.3) is 0 Å². The molecule has 0 atom stereocenters. The minimum atomic E-state index is -1.05. The summed E-state index contributed by atoms with van der Waals surface area (Å²) in [5, 5.41) is 17.5. The molecule has 0 spiro atoms. The molecule has 0 saturated heterocycles. The molecule has 0 aromatic carbocycles. The second kappa shape index (κ2) is 5.85. The molecule has 0 fully saturated rings. The van der Waals surface area contributed by atoms with Crippen molar-refractivity contribution in [2.24, 2.45) is 0 Å². The van der Waals surface area contributed by atoms with Gasteiger partial charge in [0, 0.05) is 12.6 Å². The Morgan fingerprint density at radius 1 is 1.59 bits per heavy atom. The second-order valence-corrected chi connectivity index (χ2v) is 3.88. The number of aromatic carboxylic acids is 1. The second-order valence-electron chi connectivity index (χ2n) is 3.88. The van der Waals surface area contributed by atoms with Crippen LogP contribution in [0.4, 0.5) is 5.82 Å². The molecule has 17 heavy (non-hydrogen) atoms. The molecule has 0 saturated carbocycles. The molecular formula is C12H15N3O2. The maximum absolute atomic E-state index is 10.8. The van der Waals surface area contributed by atoms with E-state index < -0.39 is 5.97 Å². The Balaban J connectivity index is 2.98. The lowest BCUT2D eigenvalue weighted by molar-refractivity contribution is 0.0690. The van der Waals surface area contributed by atoms with Crippen molar-refractivity contribution in [1.29, 1.82) is 5.26 Å². The lowest BCUT2D eigenvalue weighted by atomic mass is 10.2. The van der Waals surface area contributed by atoms with Crippen LogP contribution < -0.4 is 4.90 Å². The highest BCUT2D eigenvalue weighted by atomic mass is 16.4. The number of carboxylic acid groups (broad SMARTS) is 1. The van der Waals surface area contributed by atoms with E-state index in [1.54, 1.807) is 12.1 Å². The van der Waals surface area contributed by atoms with Crippen LogP contribution in [0.15, 0.2) is 18.2 Å². The third-order valence-corrected chi connectivity index (χ3v) is 2.34. The van der Waals surface area contributed by atoms with Gasteiger partial charge in [-0.05, 0) is 26.0 Å². The normalized spacial score (nSPS) is 10.0. The minimum absolute atomic E-state index is 0.0186. The van der Waals surface area contributed by atoms with Crippen molar-refractivity contribution in [2.45, 2.75) is 26.3 Å². The van der Waals surface area contributed by atoms with Crippen molar-refractivity contribution < 1.29 is 9.90 Å². The number of nitriles is 1. The Hall–Kier alpha value is -2.09. The zero-order valence-corrected chi connectivity index (χ0v) is 9.92. The largest absolute Gasteiger partial charge is 0.477 e. The topological polar surface area (TPSA) is 77.2 Å². The summed E-state index contributed by atoms with van der Waals surface area (Å²) in [6, 6.07) is 7.11. The average Bonchev–Trinajstić information content (AvgIpc) is 2.29. The fourth-order valence-corrected chi connectivity index (χ4v) is 1.51. The van der Waals surface area contributed by atoms with Crippen LogP contribution >= 0.6 is 0 Å². The minimum Gasteiger partial charge on any atom is -0.477 e. The first-order valence-electron chi connectivity index (χ1n) is 5.40. The number of aromatic nitrogens is 1. The molecule has 1 rings (SSSR count). The van der Waals surface area contributed by atoms with Gasteiger partial charge in [-0.15, -0.1) is 0 Å². The highest BCUT2D eigenvalue weighted by molar-refractivity contribution is 5.85. The third-order valence-electron chi connectivity index (χ3n) is 2.34. The zero-order chi connectivity index (χ0) is 12.8. The maximum atomic E-state index is 10.8. The van der Waals surface area contributed by atoms with E-state index in [-0.39, 0.29) is 11.7 Å². The van der Waals surface area contributed by atoms with Gasteiger partial charge in [0.15, 0.2) is 5.69 Å². The first-order chi connectivity index (χ1) is 8.06. The highest BCUT2D eigenvalue weighted by Gasteiger charge is 2.13. The quantitative estimate of drug-likeness (QED) is 0.840. The lowest BCUT2D eigenvalue weighted by Gasteiger charge is -2.27. The van der Waals surface area contributed by atoms with E-state index in [4.69, 9.17) is 10.4 Å². The molecule has 5 nitrogen and oxygen atoms in total. The van der Waals surface area contributed by atoms with Gasteiger partial charge in [0.1, 0.15) is 5.82 Å². The molecular weight excluding hydrogens is 218 g/mol. The highest BCUT2D eigenvalue weighted by Crippen LogP contribution is 2.15. The number of hydrogen-bond acceptors (Lipinski definition) is 4. The molecule has 1 N–H and O–H groups in total. The number of carboxylic acids is 1. The summed E-state index contributed by atoms with van der Waals surface area (Å²) in [5.74, 6) is -0.453. The van der Waals surface area contributed by atoms with E-state index in [1.807, 2.05) is 18.7 Å². The van der Waals surface area contributed by atoms with E-state index in [0.717, 1.165) is 0 Å². The summed E-state index contributed by atoms with van der Waals surface area (Å²) in [5.41, 5.74) is 0.0186. The molecule has 1 aromatic rings. The summed E-state index contributed by atoms with van der Waals surface area (Å²) in [7, 11) is 0. The van der Waals surface area contributed by atoms with E-state index in [1.165, 1.54) is 6.07 Å². The van der Waals surface area contributed by atoms with E-state index in [2.05, 4.69) is 11.1 Å². The van der Waals surface area contributed by atoms with Gasteiger partial charge in [-0.1, -0.05) is 6.07 Å². The molecule has 1 heterocycles. The molecule has 0 radical (unpaired) electrons. The standard InChI is InChI=1S/C12H15N3O2/c1-9(2)15(8-4-7-13)11-6-3-5-10(14-11)12(16)17/h3,5-6,9H,4,8H2,1-2H3,(H,16,17). The van der Waals surface area contributed by atoms with Gasteiger partial charge in [0.2, 0.25) is 0 Å². The number of anilines is 1. The molecule has 0 amide bonds. The van der Waals surface area contributed by atoms with Gasteiger partial charge in [-0.25, -0.2) is 9.78 Å². The number of nitrogens with zero attached hydrogens (tertiary/aromatic N) is 3. The molecule has 0 aliphatic rings. The predicted octanol–water partition coefficient (Wildman–Crippen LogP) is 1.91. The van der Waals surface area contributed by atoms with Gasteiger partial charge >= 0.3 is 5.97 Å². The van der Waals surface area contributed by atoms with Gasteiger partial charge in [-0.2, -0.15) is 5.26 Å². The van der Waals surface area contributed by atoms with Gasteiger partial charge < -0.3 is 10.0 Å². The van der Waals surface area contributed by atoms with Crippen molar-refractivity contribution in [2.75, 3.05) is 11.4 Å². The summed E-state index contributed by atoms with van der Waals surface area (Å²) in [6.07, 6.45) is 0.386. The molecule has 90 valence electrons. The Morgan fingerprint density at radius 3 is 2.82 bits per heavy atom. The zero-order valence-electron chi connectivity index (χ0n) is 9.92. The van der Waals surface area contributed by atoms with Crippen molar-refractivity contribution in [3.05, 3.63) is 23.9 Å². The van der Waals surface area contributed by atoms with Gasteiger partial charge in [0.05, 0.1) is 12.5 Å². The number of hydrogen-bond donors (Lipinski definition) is 1. The Kier molecular flexibility index (Phi) is 4.46. The summed E-state index contributed by atoms with van der Waals surface area (Å²) < 4.78 is 0. The number of pyridine rings is 1. The van der Waals surface area contributed by atoms with Crippen LogP contribution in [0.25, 0.3) is 0 Å². The molecule has 5 heteroatoms. The van der Waals surface area contributed by atoms with Crippen molar-refractivity contribution >= 4 is 11.8 Å². The summed E-state index contributed by atoms with van der Waals surface area (Å²) in [6.45, 7) is 4.50. The van der Waals surface area contributed by atoms with Crippen LogP contribution in [-0.4, -0.2) is 28.6 Å². The Labute approximate surface area is 100 Å². The Bertz CT molecular complexity index is 438. The molecule has 0 unspecified atom stereocenters. The monoisotopic (exact) mass is 233 g/mol. The maximum Gasteiger partial charge on any atom is 0.354 e.